The Morgan fingerprint density at radius 3 is 2.89 bits per heavy atom. The van der Waals surface area contributed by atoms with E-state index >= 15 is 0 Å². The van der Waals surface area contributed by atoms with E-state index < -0.39 is 0 Å². The van der Waals surface area contributed by atoms with E-state index in [1.807, 2.05) is 6.92 Å². The number of halogens is 1. The molecule has 4 nitrogen and oxygen atoms in total. The van der Waals surface area contributed by atoms with E-state index in [0.717, 1.165) is 33.7 Å². The van der Waals surface area contributed by atoms with Gasteiger partial charge in [-0.3, -0.25) is 4.79 Å². The second kappa shape index (κ2) is 5.71. The number of esters is 1. The van der Waals surface area contributed by atoms with Crippen molar-refractivity contribution in [1.82, 2.24) is 4.98 Å². The fourth-order valence-corrected chi connectivity index (χ4v) is 3.73. The molecule has 0 aromatic carbocycles. The van der Waals surface area contributed by atoms with Gasteiger partial charge in [0, 0.05) is 5.75 Å². The number of anilines is 1. The third-order valence-corrected chi connectivity index (χ3v) is 6.06. The second-order valence-electron chi connectivity index (χ2n) is 5.00. The summed E-state index contributed by atoms with van der Waals surface area (Å²) >= 11 is 5.20. The van der Waals surface area contributed by atoms with Gasteiger partial charge in [0.05, 0.1) is 29.9 Å². The molecule has 19 heavy (non-hydrogen) atoms. The molecule has 0 bridgehead atoms. The summed E-state index contributed by atoms with van der Waals surface area (Å²) in [5.41, 5.74) is 7.61. The normalized spacial score (nSPS) is 16.2. The molecule has 1 aromatic rings. The maximum Gasteiger partial charge on any atom is 0.306 e. The van der Waals surface area contributed by atoms with Gasteiger partial charge in [0.15, 0.2) is 0 Å². The highest BCUT2D eigenvalue weighted by molar-refractivity contribution is 9.10. The number of hydrogen-bond donors (Lipinski definition) is 1. The van der Waals surface area contributed by atoms with Crippen molar-refractivity contribution in [2.24, 2.45) is 5.41 Å². The molecule has 1 fully saturated rings. The van der Waals surface area contributed by atoms with E-state index in [0.29, 0.717) is 12.1 Å². The third-order valence-electron chi connectivity index (χ3n) is 3.49. The Bertz CT molecular complexity index is 504. The predicted octanol–water partition coefficient (Wildman–Crippen LogP) is 3.17. The molecule has 6 heteroatoms. The molecule has 1 saturated carbocycles. The van der Waals surface area contributed by atoms with Crippen molar-refractivity contribution in [3.63, 3.8) is 0 Å². The number of hydrogen-bond acceptors (Lipinski definition) is 5. The number of methoxy groups -OCH3 is 1. The van der Waals surface area contributed by atoms with Gasteiger partial charge in [0.25, 0.3) is 0 Å². The monoisotopic (exact) mass is 344 g/mol. The van der Waals surface area contributed by atoms with Crippen LogP contribution in [0.2, 0.25) is 0 Å². The van der Waals surface area contributed by atoms with Crippen LogP contribution in [0.25, 0.3) is 0 Å². The molecule has 1 aliphatic carbocycles. The average Bonchev–Trinajstić information content (AvgIpc) is 3.15. The van der Waals surface area contributed by atoms with Gasteiger partial charge in [-0.25, -0.2) is 4.98 Å². The van der Waals surface area contributed by atoms with E-state index in [4.69, 9.17) is 10.5 Å². The van der Waals surface area contributed by atoms with E-state index in [9.17, 15) is 4.79 Å². The quantitative estimate of drug-likeness (QED) is 0.656. The lowest BCUT2D eigenvalue weighted by atomic mass is 10.1. The second-order valence-corrected chi connectivity index (χ2v) is 6.76. The molecule has 0 aliphatic heterocycles. The molecule has 0 amide bonds. The number of carbonyl (C=O) groups is 1. The van der Waals surface area contributed by atoms with Crippen LogP contribution in [0.4, 0.5) is 5.69 Å². The van der Waals surface area contributed by atoms with Gasteiger partial charge in [-0.15, -0.1) is 11.8 Å². The summed E-state index contributed by atoms with van der Waals surface area (Å²) in [6.07, 6.45) is 4.35. The summed E-state index contributed by atoms with van der Waals surface area (Å²) in [4.78, 5) is 15.7. The van der Waals surface area contributed by atoms with Crippen LogP contribution in [0, 0.1) is 12.3 Å². The standard InChI is InChI=1S/C13H17BrN2O2S/c1-8-9(15)6-16-12(11(8)14)19-7-13(3-4-13)5-10(17)18-2/h6H,3-5,7,15H2,1-2H3. The first-order valence-electron chi connectivity index (χ1n) is 6.08. The largest absolute Gasteiger partial charge is 0.469 e. The molecule has 2 N–H and O–H groups in total. The van der Waals surface area contributed by atoms with Crippen LogP contribution in [0.3, 0.4) is 0 Å². The van der Waals surface area contributed by atoms with Crippen molar-refractivity contribution in [1.29, 1.82) is 0 Å². The Labute approximate surface area is 125 Å². The number of thioether (sulfide) groups is 1. The lowest BCUT2D eigenvalue weighted by Crippen LogP contribution is -2.13. The number of nitrogens with zero attached hydrogens (tertiary/aromatic N) is 1. The van der Waals surface area contributed by atoms with Crippen LogP contribution in [-0.2, 0) is 9.53 Å². The number of pyridine rings is 1. The third kappa shape index (κ3) is 3.42. The average molecular weight is 345 g/mol. The Kier molecular flexibility index (Phi) is 4.40. The number of ether oxygens (including phenoxy) is 1. The van der Waals surface area contributed by atoms with Gasteiger partial charge in [-0.2, -0.15) is 0 Å². The highest BCUT2D eigenvalue weighted by atomic mass is 79.9. The van der Waals surface area contributed by atoms with E-state index in [1.165, 1.54) is 7.11 Å². The maximum absolute atomic E-state index is 11.4. The van der Waals surface area contributed by atoms with Crippen molar-refractivity contribution in [3.05, 3.63) is 16.2 Å². The molecule has 1 heterocycles. The lowest BCUT2D eigenvalue weighted by Gasteiger charge is -2.14. The first-order chi connectivity index (χ1) is 8.97. The zero-order chi connectivity index (χ0) is 14.0. The SMILES string of the molecule is COC(=O)CC1(CSc2ncc(N)c(C)c2Br)CC1. The van der Waals surface area contributed by atoms with Crippen molar-refractivity contribution < 1.29 is 9.53 Å². The van der Waals surface area contributed by atoms with Crippen LogP contribution >= 0.6 is 27.7 Å². The van der Waals surface area contributed by atoms with Crippen LogP contribution in [0.1, 0.15) is 24.8 Å². The minimum atomic E-state index is -0.126. The van der Waals surface area contributed by atoms with E-state index in [-0.39, 0.29) is 11.4 Å². The van der Waals surface area contributed by atoms with Gasteiger partial charge in [-0.05, 0) is 46.7 Å². The summed E-state index contributed by atoms with van der Waals surface area (Å²) in [5.74, 6) is 0.760. The van der Waals surface area contributed by atoms with Gasteiger partial charge in [0.2, 0.25) is 0 Å². The minimum Gasteiger partial charge on any atom is -0.469 e. The summed E-state index contributed by atoms with van der Waals surface area (Å²) < 4.78 is 5.70. The summed E-state index contributed by atoms with van der Waals surface area (Å²) in [7, 11) is 1.44. The van der Waals surface area contributed by atoms with Gasteiger partial charge >= 0.3 is 5.97 Å². The predicted molar refractivity (Wildman–Crippen MR) is 80.1 cm³/mol. The molecule has 0 atom stereocenters. The number of nitrogens with two attached hydrogens (primary N) is 1. The van der Waals surface area contributed by atoms with Gasteiger partial charge in [0.1, 0.15) is 5.03 Å². The van der Waals surface area contributed by atoms with Crippen molar-refractivity contribution in [2.75, 3.05) is 18.6 Å². The first-order valence-corrected chi connectivity index (χ1v) is 7.85. The van der Waals surface area contributed by atoms with Gasteiger partial charge in [-0.1, -0.05) is 0 Å². The Hall–Kier alpha value is -0.750. The number of nitrogen functional groups attached to an aromatic ring is 1. The van der Waals surface area contributed by atoms with Gasteiger partial charge < -0.3 is 10.5 Å². The maximum atomic E-state index is 11.4. The number of rotatable bonds is 5. The minimum absolute atomic E-state index is 0.105. The molecule has 0 unspecified atom stereocenters. The molecule has 104 valence electrons. The molecular formula is C13H17BrN2O2S. The van der Waals surface area contributed by atoms with Crippen molar-refractivity contribution in [3.8, 4) is 0 Å². The van der Waals surface area contributed by atoms with E-state index in [2.05, 4.69) is 20.9 Å². The molecule has 0 spiro atoms. The molecule has 2 rings (SSSR count). The first kappa shape index (κ1) is 14.7. The van der Waals surface area contributed by atoms with Crippen molar-refractivity contribution >= 4 is 39.3 Å². The zero-order valence-corrected chi connectivity index (χ0v) is 13.4. The highest BCUT2D eigenvalue weighted by Gasteiger charge is 2.44. The van der Waals surface area contributed by atoms with E-state index in [1.54, 1.807) is 18.0 Å². The number of carbonyl (C=O) groups excluding carboxylic acids is 1. The summed E-state index contributed by atoms with van der Waals surface area (Å²) in [5, 5.41) is 0.933. The fraction of sp³-hybridized carbons (Fsp3) is 0.538. The molecule has 0 radical (unpaired) electrons. The fourth-order valence-electron chi connectivity index (χ4n) is 1.82. The topological polar surface area (TPSA) is 65.2 Å². The van der Waals surface area contributed by atoms with Crippen LogP contribution < -0.4 is 5.73 Å². The number of aromatic nitrogens is 1. The Morgan fingerprint density at radius 1 is 1.63 bits per heavy atom. The lowest BCUT2D eigenvalue weighted by molar-refractivity contribution is -0.141. The highest BCUT2D eigenvalue weighted by Crippen LogP contribution is 2.52. The van der Waals surface area contributed by atoms with Crippen molar-refractivity contribution in [2.45, 2.75) is 31.2 Å². The Balaban J connectivity index is 2.00. The van der Waals surface area contributed by atoms with Crippen LogP contribution in [-0.4, -0.2) is 23.8 Å². The van der Waals surface area contributed by atoms with Crippen LogP contribution in [0.5, 0.6) is 0 Å². The molecule has 1 aliphatic rings. The summed E-state index contributed by atoms with van der Waals surface area (Å²) in [6.45, 7) is 1.96. The molecule has 1 aromatic heterocycles. The zero-order valence-electron chi connectivity index (χ0n) is 11.0. The Morgan fingerprint density at radius 2 is 2.32 bits per heavy atom. The van der Waals surface area contributed by atoms with Crippen LogP contribution in [0.15, 0.2) is 15.7 Å². The molecule has 0 saturated heterocycles. The molecular weight excluding hydrogens is 328 g/mol. The smallest absolute Gasteiger partial charge is 0.306 e. The summed E-state index contributed by atoms with van der Waals surface area (Å²) in [6, 6.07) is 0.